The van der Waals surface area contributed by atoms with Crippen LogP contribution in [0.25, 0.3) is 0 Å². The number of benzene rings is 3. The lowest BCUT2D eigenvalue weighted by Gasteiger charge is -2.30. The summed E-state index contributed by atoms with van der Waals surface area (Å²) in [4.78, 5) is 14.7. The van der Waals surface area contributed by atoms with E-state index in [-0.39, 0.29) is 5.91 Å². The van der Waals surface area contributed by atoms with Gasteiger partial charge in [0.1, 0.15) is 11.6 Å². The summed E-state index contributed by atoms with van der Waals surface area (Å²) < 4.78 is 26.4. The number of carbonyl (C=O) groups is 1. The molecule has 5 heteroatoms. The van der Waals surface area contributed by atoms with Crippen molar-refractivity contribution >= 4 is 11.6 Å². The summed E-state index contributed by atoms with van der Waals surface area (Å²) in [6, 6.07) is 19.4. The first-order valence-electron chi connectivity index (χ1n) is 9.73. The second-order valence-electron chi connectivity index (χ2n) is 7.27. The van der Waals surface area contributed by atoms with E-state index in [0.717, 1.165) is 31.3 Å². The summed E-state index contributed by atoms with van der Waals surface area (Å²) in [5.74, 6) is -1.41. The van der Waals surface area contributed by atoms with Gasteiger partial charge in [-0.2, -0.15) is 0 Å². The first kappa shape index (κ1) is 19.1. The smallest absolute Gasteiger partial charge is 0.251 e. The van der Waals surface area contributed by atoms with Gasteiger partial charge in [0.15, 0.2) is 0 Å². The minimum Gasteiger partial charge on any atom is -0.367 e. The number of nitrogens with zero attached hydrogens (tertiary/aromatic N) is 1. The van der Waals surface area contributed by atoms with Gasteiger partial charge in [0.05, 0.1) is 0 Å². The number of rotatable bonds is 5. The molecule has 1 aliphatic heterocycles. The average Bonchev–Trinajstić information content (AvgIpc) is 2.73. The molecule has 4 rings (SSSR count). The van der Waals surface area contributed by atoms with E-state index in [0.29, 0.717) is 24.1 Å². The molecule has 0 aliphatic carbocycles. The van der Waals surface area contributed by atoms with E-state index in [4.69, 9.17) is 0 Å². The zero-order valence-corrected chi connectivity index (χ0v) is 16.0. The van der Waals surface area contributed by atoms with Crippen molar-refractivity contribution in [2.45, 2.75) is 19.4 Å². The third-order valence-electron chi connectivity index (χ3n) is 5.25. The van der Waals surface area contributed by atoms with Gasteiger partial charge in [-0.25, -0.2) is 8.78 Å². The molecule has 0 unspecified atom stereocenters. The van der Waals surface area contributed by atoms with Gasteiger partial charge in [0.25, 0.3) is 5.91 Å². The van der Waals surface area contributed by atoms with Gasteiger partial charge >= 0.3 is 0 Å². The molecule has 0 saturated carbocycles. The molecule has 3 aromatic rings. The van der Waals surface area contributed by atoms with Crippen LogP contribution in [0, 0.1) is 11.6 Å². The number of hydrogen-bond acceptors (Lipinski definition) is 2. The summed E-state index contributed by atoms with van der Waals surface area (Å²) in [6.07, 6.45) is 1.38. The number of carbonyl (C=O) groups excluding carboxylic acids is 1. The molecule has 1 heterocycles. The fourth-order valence-electron chi connectivity index (χ4n) is 3.72. The maximum atomic E-state index is 13.2. The Labute approximate surface area is 169 Å². The van der Waals surface area contributed by atoms with Crippen LogP contribution in [0.1, 0.15) is 27.0 Å². The summed E-state index contributed by atoms with van der Waals surface area (Å²) in [5.41, 5.74) is 4.92. The minimum absolute atomic E-state index is 0.197. The molecule has 3 nitrogen and oxygen atoms in total. The van der Waals surface area contributed by atoms with E-state index < -0.39 is 11.6 Å². The average molecular weight is 392 g/mol. The molecule has 148 valence electrons. The molecule has 3 aromatic carbocycles. The molecular weight excluding hydrogens is 370 g/mol. The second-order valence-corrected chi connectivity index (χ2v) is 7.27. The van der Waals surface area contributed by atoms with Gasteiger partial charge in [-0.15, -0.1) is 0 Å². The Morgan fingerprint density at radius 2 is 1.62 bits per heavy atom. The molecule has 0 bridgehead atoms. The number of anilines is 1. The Kier molecular flexibility index (Phi) is 5.56. The largest absolute Gasteiger partial charge is 0.367 e. The van der Waals surface area contributed by atoms with Crippen molar-refractivity contribution in [1.82, 2.24) is 5.32 Å². The highest BCUT2D eigenvalue weighted by molar-refractivity contribution is 5.94. The zero-order chi connectivity index (χ0) is 20.2. The highest BCUT2D eigenvalue weighted by Crippen LogP contribution is 2.24. The molecule has 29 heavy (non-hydrogen) atoms. The number of amides is 1. The normalized spacial score (nSPS) is 13.1. The summed E-state index contributed by atoms with van der Waals surface area (Å²) in [5, 5.41) is 2.80. The van der Waals surface area contributed by atoms with Crippen molar-refractivity contribution in [1.29, 1.82) is 0 Å². The van der Waals surface area contributed by atoms with Crippen molar-refractivity contribution in [2.24, 2.45) is 0 Å². The van der Waals surface area contributed by atoms with E-state index in [1.54, 1.807) is 0 Å². The van der Waals surface area contributed by atoms with Gasteiger partial charge in [-0.1, -0.05) is 24.3 Å². The van der Waals surface area contributed by atoms with E-state index in [9.17, 15) is 13.6 Å². The van der Waals surface area contributed by atoms with Crippen LogP contribution in [0.5, 0.6) is 0 Å². The number of fused-ring (bicyclic) bond motifs is 1. The summed E-state index contributed by atoms with van der Waals surface area (Å²) >= 11 is 0. The fraction of sp³-hybridized carbons (Fsp3) is 0.208. The lowest BCUT2D eigenvalue weighted by atomic mass is 9.99. The molecule has 0 atom stereocenters. The molecule has 0 saturated heterocycles. The topological polar surface area (TPSA) is 32.3 Å². The zero-order valence-electron chi connectivity index (χ0n) is 16.0. The van der Waals surface area contributed by atoms with Crippen LogP contribution in [0.2, 0.25) is 0 Å². The van der Waals surface area contributed by atoms with Gasteiger partial charge in [-0.3, -0.25) is 4.79 Å². The van der Waals surface area contributed by atoms with Crippen molar-refractivity contribution < 1.29 is 13.6 Å². The van der Waals surface area contributed by atoms with Gasteiger partial charge in [-0.05, 0) is 65.9 Å². The third kappa shape index (κ3) is 4.62. The van der Waals surface area contributed by atoms with Crippen LogP contribution in [0.3, 0.4) is 0 Å². The number of halogens is 2. The predicted molar refractivity (Wildman–Crippen MR) is 110 cm³/mol. The quantitative estimate of drug-likeness (QED) is 0.693. The van der Waals surface area contributed by atoms with Crippen LogP contribution in [-0.4, -0.2) is 19.0 Å². The van der Waals surface area contributed by atoms with Gasteiger partial charge in [0, 0.05) is 37.0 Å². The first-order chi connectivity index (χ1) is 14.1. The van der Waals surface area contributed by atoms with Crippen LogP contribution in [-0.2, 0) is 19.4 Å². The van der Waals surface area contributed by atoms with Crippen molar-refractivity contribution in [2.75, 3.05) is 18.0 Å². The van der Waals surface area contributed by atoms with E-state index in [1.165, 1.54) is 23.3 Å². The maximum Gasteiger partial charge on any atom is 0.251 e. The highest BCUT2D eigenvalue weighted by atomic mass is 19.1. The third-order valence-corrected chi connectivity index (χ3v) is 5.25. The molecule has 0 fully saturated rings. The molecule has 0 spiro atoms. The standard InChI is InChI=1S/C24H22F2N2O/c25-21-13-17(14-22(26)15-21)9-11-27-24(29)19-5-7-23(8-6-19)28-12-10-18-3-1-2-4-20(18)16-28/h1-8,13-15H,9-12,16H2,(H,27,29). The second kappa shape index (κ2) is 8.43. The first-order valence-corrected chi connectivity index (χ1v) is 9.73. The maximum absolute atomic E-state index is 13.2. The number of hydrogen-bond donors (Lipinski definition) is 1. The Hall–Kier alpha value is -3.21. The fourth-order valence-corrected chi connectivity index (χ4v) is 3.72. The lowest BCUT2D eigenvalue weighted by molar-refractivity contribution is 0.0954. The lowest BCUT2D eigenvalue weighted by Crippen LogP contribution is -2.30. The Balaban J connectivity index is 1.33. The molecular formula is C24H22F2N2O. The van der Waals surface area contributed by atoms with Crippen LogP contribution in [0.4, 0.5) is 14.5 Å². The van der Waals surface area contributed by atoms with Gasteiger partial charge < -0.3 is 10.2 Å². The summed E-state index contributed by atoms with van der Waals surface area (Å²) in [6.45, 7) is 2.13. The Morgan fingerprint density at radius 1 is 0.931 bits per heavy atom. The Bertz CT molecular complexity index is 997. The van der Waals surface area contributed by atoms with Crippen LogP contribution < -0.4 is 10.2 Å². The van der Waals surface area contributed by atoms with Crippen LogP contribution >= 0.6 is 0 Å². The molecule has 1 aliphatic rings. The SMILES string of the molecule is O=C(NCCc1cc(F)cc(F)c1)c1ccc(N2CCc3ccccc3C2)cc1. The summed E-state index contributed by atoms with van der Waals surface area (Å²) in [7, 11) is 0. The van der Waals surface area contributed by atoms with Crippen molar-refractivity contribution in [3.63, 3.8) is 0 Å². The molecule has 1 amide bonds. The molecule has 0 radical (unpaired) electrons. The molecule has 1 N–H and O–H groups in total. The van der Waals surface area contributed by atoms with Gasteiger partial charge in [0.2, 0.25) is 0 Å². The Morgan fingerprint density at radius 3 is 2.34 bits per heavy atom. The monoisotopic (exact) mass is 392 g/mol. The predicted octanol–water partition coefficient (Wildman–Crippen LogP) is 4.50. The van der Waals surface area contributed by atoms with Crippen molar-refractivity contribution in [3.8, 4) is 0 Å². The van der Waals surface area contributed by atoms with E-state index in [1.807, 2.05) is 24.3 Å². The molecule has 0 aromatic heterocycles. The van der Waals surface area contributed by atoms with Crippen molar-refractivity contribution in [3.05, 3.63) is 101 Å². The number of nitrogens with one attached hydrogen (secondary N) is 1. The highest BCUT2D eigenvalue weighted by Gasteiger charge is 2.16. The van der Waals surface area contributed by atoms with E-state index in [2.05, 4.69) is 34.5 Å². The minimum atomic E-state index is -0.609. The van der Waals surface area contributed by atoms with Crippen LogP contribution in [0.15, 0.2) is 66.7 Å². The van der Waals surface area contributed by atoms with E-state index >= 15 is 0 Å².